The van der Waals surface area contributed by atoms with E-state index in [0.29, 0.717) is 17.2 Å². The molecule has 2 N–H and O–H groups in total. The molecule has 2 aromatic heterocycles. The van der Waals surface area contributed by atoms with E-state index in [1.54, 1.807) is 35.7 Å². The van der Waals surface area contributed by atoms with Crippen molar-refractivity contribution in [2.24, 2.45) is 0 Å². The second kappa shape index (κ2) is 11.2. The van der Waals surface area contributed by atoms with Gasteiger partial charge in [-0.25, -0.2) is 23.1 Å². The zero-order chi connectivity index (χ0) is 26.9. The van der Waals surface area contributed by atoms with Crippen LogP contribution in [-0.4, -0.2) is 41.0 Å². The van der Waals surface area contributed by atoms with Crippen LogP contribution in [0.5, 0.6) is 0 Å². The Morgan fingerprint density at radius 1 is 1.00 bits per heavy atom. The number of benzene rings is 2. The third-order valence-corrected chi connectivity index (χ3v) is 9.40. The normalized spacial score (nSPS) is 16.4. The Balaban J connectivity index is 1.34. The maximum atomic E-state index is 16.0. The molecule has 0 spiro atoms. The SMILES string of the molecule is CNc1cc(-c2sc(C3CCN(C4CC4)CC3)nc2-c2cccc(NSc3cc(F)ccc3F)c2F)ccn1. The summed E-state index contributed by atoms with van der Waals surface area (Å²) in [6, 6.07) is 12.8. The van der Waals surface area contributed by atoms with Crippen LogP contribution in [-0.2, 0) is 0 Å². The standard InChI is InChI=1S/C29H28F3N5S2/c1-33-25-15-18(9-12-34-25)28-27(35-29(38-28)17-10-13-37(14-11-17)20-6-7-20)21-3-2-4-23(26(21)32)36-39-24-16-19(30)5-8-22(24)31/h2-5,8-9,12,15-17,20,36H,6-7,10-11,13-14H2,1H3,(H,33,34). The smallest absolute Gasteiger partial charge is 0.156 e. The fourth-order valence-corrected chi connectivity index (χ4v) is 6.97. The molecule has 1 saturated carbocycles. The van der Waals surface area contributed by atoms with Gasteiger partial charge in [-0.15, -0.1) is 11.3 Å². The zero-order valence-corrected chi connectivity index (χ0v) is 23.0. The Bertz CT molecular complexity index is 1480. The second-order valence-electron chi connectivity index (χ2n) is 9.90. The largest absolute Gasteiger partial charge is 0.373 e. The van der Waals surface area contributed by atoms with E-state index in [2.05, 4.69) is 19.9 Å². The second-order valence-corrected chi connectivity index (χ2v) is 11.8. The maximum Gasteiger partial charge on any atom is 0.156 e. The number of hydrogen-bond acceptors (Lipinski definition) is 7. The van der Waals surface area contributed by atoms with E-state index in [1.165, 1.54) is 12.8 Å². The lowest BCUT2D eigenvalue weighted by atomic mass is 9.97. The summed E-state index contributed by atoms with van der Waals surface area (Å²) >= 11 is 2.45. The summed E-state index contributed by atoms with van der Waals surface area (Å²) in [5.41, 5.74) is 2.02. The molecule has 202 valence electrons. The molecule has 0 atom stereocenters. The third kappa shape index (κ3) is 5.64. The number of piperidine rings is 1. The number of nitrogens with zero attached hydrogens (tertiary/aromatic N) is 3. The highest BCUT2D eigenvalue weighted by Gasteiger charge is 2.33. The Labute approximate surface area is 234 Å². The van der Waals surface area contributed by atoms with Gasteiger partial charge in [0.25, 0.3) is 0 Å². The minimum Gasteiger partial charge on any atom is -0.373 e. The molecule has 2 aliphatic rings. The maximum absolute atomic E-state index is 16.0. The predicted octanol–water partition coefficient (Wildman–Crippen LogP) is 7.79. The van der Waals surface area contributed by atoms with Gasteiger partial charge in [-0.1, -0.05) is 6.07 Å². The number of nitrogens with one attached hydrogen (secondary N) is 2. The first-order valence-corrected chi connectivity index (χ1v) is 14.7. The first kappa shape index (κ1) is 26.2. The van der Waals surface area contributed by atoms with Gasteiger partial charge in [0.2, 0.25) is 0 Å². The van der Waals surface area contributed by atoms with Crippen LogP contribution in [0.1, 0.15) is 36.6 Å². The van der Waals surface area contributed by atoms with Gasteiger partial charge in [0.1, 0.15) is 17.5 Å². The molecule has 0 unspecified atom stereocenters. The Hall–Kier alpha value is -3.08. The molecule has 1 aliphatic carbocycles. The van der Waals surface area contributed by atoms with Gasteiger partial charge >= 0.3 is 0 Å². The van der Waals surface area contributed by atoms with Crippen LogP contribution in [0.25, 0.3) is 21.7 Å². The van der Waals surface area contributed by atoms with Gasteiger partial charge in [0.15, 0.2) is 5.82 Å². The van der Waals surface area contributed by atoms with Crippen molar-refractivity contribution < 1.29 is 13.2 Å². The third-order valence-electron chi connectivity index (χ3n) is 7.28. The summed E-state index contributed by atoms with van der Waals surface area (Å²) in [5, 5.41) is 4.09. The van der Waals surface area contributed by atoms with Gasteiger partial charge < -0.3 is 14.9 Å². The van der Waals surface area contributed by atoms with Gasteiger partial charge in [-0.2, -0.15) is 0 Å². The molecule has 0 amide bonds. The lowest BCUT2D eigenvalue weighted by molar-refractivity contribution is 0.203. The van der Waals surface area contributed by atoms with Crippen molar-refractivity contribution in [1.29, 1.82) is 0 Å². The summed E-state index contributed by atoms with van der Waals surface area (Å²) in [6.45, 7) is 2.14. The topological polar surface area (TPSA) is 53.1 Å². The van der Waals surface area contributed by atoms with Crippen molar-refractivity contribution in [1.82, 2.24) is 14.9 Å². The van der Waals surface area contributed by atoms with Gasteiger partial charge in [0, 0.05) is 30.8 Å². The number of thiazole rings is 1. The number of hydrogen-bond donors (Lipinski definition) is 2. The number of likely N-dealkylation sites (tertiary alicyclic amines) is 1. The number of anilines is 2. The summed E-state index contributed by atoms with van der Waals surface area (Å²) < 4.78 is 46.6. The van der Waals surface area contributed by atoms with Crippen molar-refractivity contribution in [2.75, 3.05) is 30.2 Å². The van der Waals surface area contributed by atoms with Crippen molar-refractivity contribution in [3.8, 4) is 21.7 Å². The quantitative estimate of drug-likeness (QED) is 0.212. The van der Waals surface area contributed by atoms with Crippen LogP contribution in [0.3, 0.4) is 0 Å². The summed E-state index contributed by atoms with van der Waals surface area (Å²) in [4.78, 5) is 12.9. The number of pyridine rings is 1. The average Bonchev–Trinajstić information content (AvgIpc) is 3.72. The minimum atomic E-state index is -0.581. The molecule has 10 heteroatoms. The molecular weight excluding hydrogens is 539 g/mol. The number of rotatable bonds is 8. The predicted molar refractivity (Wildman–Crippen MR) is 153 cm³/mol. The molecule has 2 aromatic carbocycles. The number of aromatic nitrogens is 2. The van der Waals surface area contributed by atoms with Crippen LogP contribution in [0, 0.1) is 17.5 Å². The van der Waals surface area contributed by atoms with E-state index in [-0.39, 0.29) is 10.6 Å². The van der Waals surface area contributed by atoms with Gasteiger partial charge in [-0.05, 0) is 98.7 Å². The highest BCUT2D eigenvalue weighted by Crippen LogP contribution is 2.44. The Morgan fingerprint density at radius 2 is 1.82 bits per heavy atom. The van der Waals surface area contributed by atoms with Crippen LogP contribution in [0.15, 0.2) is 59.6 Å². The van der Waals surface area contributed by atoms with Gasteiger partial charge in [0.05, 0.1) is 26.2 Å². The molecule has 0 radical (unpaired) electrons. The summed E-state index contributed by atoms with van der Waals surface area (Å²) in [5.74, 6) is -0.584. The van der Waals surface area contributed by atoms with Crippen molar-refractivity contribution in [2.45, 2.75) is 42.5 Å². The molecular formula is C29H28F3N5S2. The zero-order valence-electron chi connectivity index (χ0n) is 21.4. The van der Waals surface area contributed by atoms with E-state index in [4.69, 9.17) is 4.98 Å². The molecule has 4 aromatic rings. The van der Waals surface area contributed by atoms with E-state index < -0.39 is 17.5 Å². The van der Waals surface area contributed by atoms with E-state index in [1.807, 2.05) is 19.2 Å². The molecule has 6 rings (SSSR count). The van der Waals surface area contributed by atoms with E-state index >= 15 is 4.39 Å². The molecule has 3 heterocycles. The van der Waals surface area contributed by atoms with Crippen molar-refractivity contribution in [3.05, 3.63) is 77.2 Å². The highest BCUT2D eigenvalue weighted by atomic mass is 32.2. The fourth-order valence-electron chi connectivity index (χ4n) is 5.01. The number of halogens is 3. The molecule has 1 aliphatic heterocycles. The summed E-state index contributed by atoms with van der Waals surface area (Å²) in [6.07, 6.45) is 6.43. The summed E-state index contributed by atoms with van der Waals surface area (Å²) in [7, 11) is 1.81. The van der Waals surface area contributed by atoms with Crippen LogP contribution in [0.2, 0.25) is 0 Å². The minimum absolute atomic E-state index is 0.0466. The monoisotopic (exact) mass is 567 g/mol. The average molecular weight is 568 g/mol. The fraction of sp³-hybridized carbons (Fsp3) is 0.310. The van der Waals surface area contributed by atoms with E-state index in [9.17, 15) is 8.78 Å². The van der Waals surface area contributed by atoms with Crippen molar-refractivity contribution in [3.63, 3.8) is 0 Å². The molecule has 1 saturated heterocycles. The first-order valence-electron chi connectivity index (χ1n) is 13.1. The van der Waals surface area contributed by atoms with Crippen LogP contribution < -0.4 is 10.0 Å². The van der Waals surface area contributed by atoms with E-state index in [0.717, 1.165) is 83.4 Å². The van der Waals surface area contributed by atoms with Gasteiger partial charge in [-0.3, -0.25) is 0 Å². The lowest BCUT2D eigenvalue weighted by Gasteiger charge is -2.30. The molecule has 2 fully saturated rings. The van der Waals surface area contributed by atoms with Crippen LogP contribution in [0.4, 0.5) is 24.7 Å². The Kier molecular flexibility index (Phi) is 7.51. The lowest BCUT2D eigenvalue weighted by Crippen LogP contribution is -2.34. The molecule has 0 bridgehead atoms. The van der Waals surface area contributed by atoms with Crippen molar-refractivity contribution >= 4 is 34.8 Å². The van der Waals surface area contributed by atoms with Crippen LogP contribution >= 0.6 is 23.3 Å². The Morgan fingerprint density at radius 3 is 2.59 bits per heavy atom. The highest BCUT2D eigenvalue weighted by molar-refractivity contribution is 8.00. The molecule has 39 heavy (non-hydrogen) atoms. The first-order chi connectivity index (χ1) is 19.0. The molecule has 5 nitrogen and oxygen atoms in total.